The van der Waals surface area contributed by atoms with Gasteiger partial charge in [0, 0.05) is 30.1 Å². The van der Waals surface area contributed by atoms with Gasteiger partial charge in [0.1, 0.15) is 18.0 Å². The van der Waals surface area contributed by atoms with Gasteiger partial charge < -0.3 is 16.0 Å². The van der Waals surface area contributed by atoms with Gasteiger partial charge in [-0.25, -0.2) is 9.97 Å². The van der Waals surface area contributed by atoms with Crippen LogP contribution < -0.4 is 16.0 Å². The molecule has 0 radical (unpaired) electrons. The first-order valence-corrected chi connectivity index (χ1v) is 7.89. The zero-order valence-corrected chi connectivity index (χ0v) is 14.1. The highest BCUT2D eigenvalue weighted by Gasteiger charge is 2.02. The molecule has 0 aliphatic rings. The highest BCUT2D eigenvalue weighted by atomic mass is 16.1. The number of carbonyl (C=O) groups excluding carboxylic acids is 1. The number of rotatable bonds is 5. The van der Waals surface area contributed by atoms with Gasteiger partial charge in [0.2, 0.25) is 5.91 Å². The van der Waals surface area contributed by atoms with Gasteiger partial charge in [0.05, 0.1) is 0 Å². The molecule has 0 aliphatic heterocycles. The lowest BCUT2D eigenvalue weighted by atomic mass is 10.2. The van der Waals surface area contributed by atoms with Crippen molar-refractivity contribution in [1.82, 2.24) is 9.97 Å². The number of amides is 1. The zero-order valence-electron chi connectivity index (χ0n) is 14.1. The van der Waals surface area contributed by atoms with Gasteiger partial charge in [0.25, 0.3) is 0 Å². The van der Waals surface area contributed by atoms with Crippen molar-refractivity contribution in [2.24, 2.45) is 0 Å². The van der Waals surface area contributed by atoms with E-state index in [1.165, 1.54) is 18.8 Å². The van der Waals surface area contributed by atoms with E-state index < -0.39 is 0 Å². The average Bonchev–Trinajstić information content (AvgIpc) is 2.55. The molecule has 2 aromatic carbocycles. The third-order valence-corrected chi connectivity index (χ3v) is 3.41. The van der Waals surface area contributed by atoms with Crippen LogP contribution in [0.15, 0.2) is 60.9 Å². The Kier molecular flexibility index (Phi) is 4.89. The molecule has 1 heterocycles. The minimum atomic E-state index is -0.108. The molecule has 1 amide bonds. The van der Waals surface area contributed by atoms with Gasteiger partial charge in [-0.1, -0.05) is 18.2 Å². The van der Waals surface area contributed by atoms with Crippen LogP contribution in [0.2, 0.25) is 0 Å². The minimum Gasteiger partial charge on any atom is -0.340 e. The first-order chi connectivity index (χ1) is 12.1. The molecule has 0 aliphatic carbocycles. The fourth-order valence-corrected chi connectivity index (χ4v) is 2.39. The lowest BCUT2D eigenvalue weighted by Crippen LogP contribution is -2.06. The van der Waals surface area contributed by atoms with Crippen molar-refractivity contribution in [3.05, 3.63) is 66.5 Å². The van der Waals surface area contributed by atoms with Crippen molar-refractivity contribution < 1.29 is 4.79 Å². The number of nitrogens with one attached hydrogen (secondary N) is 3. The first-order valence-electron chi connectivity index (χ1n) is 7.89. The van der Waals surface area contributed by atoms with Gasteiger partial charge in [0.15, 0.2) is 0 Å². The van der Waals surface area contributed by atoms with Crippen LogP contribution in [-0.4, -0.2) is 15.9 Å². The van der Waals surface area contributed by atoms with Crippen LogP contribution in [0.3, 0.4) is 0 Å². The third-order valence-electron chi connectivity index (χ3n) is 3.41. The van der Waals surface area contributed by atoms with Crippen molar-refractivity contribution >= 4 is 34.6 Å². The van der Waals surface area contributed by atoms with Gasteiger partial charge in [-0.3, -0.25) is 4.79 Å². The van der Waals surface area contributed by atoms with E-state index in [1.807, 2.05) is 61.5 Å². The summed E-state index contributed by atoms with van der Waals surface area (Å²) < 4.78 is 0. The molecule has 0 spiro atoms. The predicted molar refractivity (Wildman–Crippen MR) is 101 cm³/mol. The van der Waals surface area contributed by atoms with E-state index >= 15 is 0 Å². The Labute approximate surface area is 146 Å². The van der Waals surface area contributed by atoms with E-state index in [9.17, 15) is 4.79 Å². The van der Waals surface area contributed by atoms with E-state index in [2.05, 4.69) is 25.9 Å². The average molecular weight is 333 g/mol. The molecular weight excluding hydrogens is 314 g/mol. The molecule has 126 valence electrons. The van der Waals surface area contributed by atoms with Crippen molar-refractivity contribution in [2.75, 3.05) is 16.0 Å². The van der Waals surface area contributed by atoms with Gasteiger partial charge in [-0.05, 0) is 42.8 Å². The molecule has 3 N–H and O–H groups in total. The summed E-state index contributed by atoms with van der Waals surface area (Å²) in [5, 5.41) is 9.23. The van der Waals surface area contributed by atoms with Crippen LogP contribution in [0.25, 0.3) is 0 Å². The summed E-state index contributed by atoms with van der Waals surface area (Å²) in [6.45, 7) is 3.52. The van der Waals surface area contributed by atoms with E-state index in [0.717, 1.165) is 17.1 Å². The standard InChI is InChI=1S/C19H19N5O/c1-13-5-3-6-15(9-13)23-18-11-19(21-12-20-18)24-17-8-4-7-16(10-17)22-14(2)25/h3-12H,1-2H3,(H,22,25)(H2,20,21,23,24). The fraction of sp³-hybridized carbons (Fsp3) is 0.105. The number of anilines is 5. The molecule has 3 aromatic rings. The second-order valence-corrected chi connectivity index (χ2v) is 5.67. The van der Waals surface area contributed by atoms with Crippen molar-refractivity contribution in [2.45, 2.75) is 13.8 Å². The first kappa shape index (κ1) is 16.4. The lowest BCUT2D eigenvalue weighted by molar-refractivity contribution is -0.114. The smallest absolute Gasteiger partial charge is 0.221 e. The summed E-state index contributed by atoms with van der Waals surface area (Å²) in [6.07, 6.45) is 1.50. The molecule has 6 nitrogen and oxygen atoms in total. The van der Waals surface area contributed by atoms with Crippen LogP contribution in [0.1, 0.15) is 12.5 Å². The van der Waals surface area contributed by atoms with Crippen molar-refractivity contribution in [1.29, 1.82) is 0 Å². The summed E-state index contributed by atoms with van der Waals surface area (Å²) in [5.74, 6) is 1.25. The number of aromatic nitrogens is 2. The topological polar surface area (TPSA) is 78.9 Å². The van der Waals surface area contributed by atoms with Crippen molar-refractivity contribution in [3.63, 3.8) is 0 Å². The lowest BCUT2D eigenvalue weighted by Gasteiger charge is -2.10. The highest BCUT2D eigenvalue weighted by molar-refractivity contribution is 5.89. The van der Waals surface area contributed by atoms with E-state index in [1.54, 1.807) is 0 Å². The van der Waals surface area contributed by atoms with Crippen LogP contribution in [0, 0.1) is 6.92 Å². The Hall–Kier alpha value is -3.41. The van der Waals surface area contributed by atoms with Crippen LogP contribution in [0.4, 0.5) is 28.7 Å². The van der Waals surface area contributed by atoms with E-state index in [0.29, 0.717) is 11.6 Å². The molecule has 0 fully saturated rings. The molecule has 0 bridgehead atoms. The third kappa shape index (κ3) is 4.78. The van der Waals surface area contributed by atoms with Crippen LogP contribution >= 0.6 is 0 Å². The highest BCUT2D eigenvalue weighted by Crippen LogP contribution is 2.21. The Morgan fingerprint density at radius 2 is 1.44 bits per heavy atom. The Balaban J connectivity index is 1.74. The number of benzene rings is 2. The maximum absolute atomic E-state index is 11.2. The zero-order chi connectivity index (χ0) is 17.6. The van der Waals surface area contributed by atoms with Crippen LogP contribution in [-0.2, 0) is 4.79 Å². The Bertz CT molecular complexity index is 894. The minimum absolute atomic E-state index is 0.108. The Morgan fingerprint density at radius 1 is 0.840 bits per heavy atom. The number of carbonyl (C=O) groups is 1. The molecule has 3 rings (SSSR count). The SMILES string of the molecule is CC(=O)Nc1cccc(Nc2cc(Nc3cccc(C)c3)ncn2)c1. The molecule has 6 heteroatoms. The quantitative estimate of drug-likeness (QED) is 0.651. The largest absolute Gasteiger partial charge is 0.340 e. The van der Waals surface area contributed by atoms with Gasteiger partial charge >= 0.3 is 0 Å². The second kappa shape index (κ2) is 7.44. The van der Waals surface area contributed by atoms with Gasteiger partial charge in [-0.2, -0.15) is 0 Å². The van der Waals surface area contributed by atoms with Crippen LogP contribution in [0.5, 0.6) is 0 Å². The predicted octanol–water partition coefficient (Wildman–Crippen LogP) is 4.23. The molecule has 0 saturated carbocycles. The molecule has 0 atom stereocenters. The molecule has 0 saturated heterocycles. The second-order valence-electron chi connectivity index (χ2n) is 5.67. The fourth-order valence-electron chi connectivity index (χ4n) is 2.39. The summed E-state index contributed by atoms with van der Waals surface area (Å²) in [6, 6.07) is 17.3. The summed E-state index contributed by atoms with van der Waals surface area (Å²) in [7, 11) is 0. The van der Waals surface area contributed by atoms with Crippen molar-refractivity contribution in [3.8, 4) is 0 Å². The number of nitrogens with zero attached hydrogens (tertiary/aromatic N) is 2. The maximum Gasteiger partial charge on any atom is 0.221 e. The summed E-state index contributed by atoms with van der Waals surface area (Å²) >= 11 is 0. The Morgan fingerprint density at radius 3 is 2.08 bits per heavy atom. The van der Waals surface area contributed by atoms with E-state index in [-0.39, 0.29) is 5.91 Å². The summed E-state index contributed by atoms with van der Waals surface area (Å²) in [5.41, 5.74) is 3.70. The number of hydrogen-bond acceptors (Lipinski definition) is 5. The molecule has 1 aromatic heterocycles. The normalized spacial score (nSPS) is 10.2. The molecule has 0 unspecified atom stereocenters. The monoisotopic (exact) mass is 333 g/mol. The maximum atomic E-state index is 11.2. The van der Waals surface area contributed by atoms with Gasteiger partial charge in [-0.15, -0.1) is 0 Å². The number of aryl methyl sites for hydroxylation is 1. The summed E-state index contributed by atoms with van der Waals surface area (Å²) in [4.78, 5) is 19.6. The molecule has 25 heavy (non-hydrogen) atoms. The van der Waals surface area contributed by atoms with E-state index in [4.69, 9.17) is 0 Å². The number of hydrogen-bond donors (Lipinski definition) is 3. The molecular formula is C19H19N5O.